The molecule has 3 rings (SSSR count). The first kappa shape index (κ1) is 31.3. The third kappa shape index (κ3) is 9.75. The van der Waals surface area contributed by atoms with Crippen molar-refractivity contribution in [3.8, 4) is 0 Å². The van der Waals surface area contributed by atoms with Gasteiger partial charge in [0.25, 0.3) is 11.8 Å². The summed E-state index contributed by atoms with van der Waals surface area (Å²) in [7, 11) is 3.14. The van der Waals surface area contributed by atoms with Gasteiger partial charge in [0.2, 0.25) is 0 Å². The maximum absolute atomic E-state index is 12.1. The molecular formula is C24H32BN2O9PS2. The van der Waals surface area contributed by atoms with Crippen LogP contribution in [0, 0.1) is 5.92 Å². The van der Waals surface area contributed by atoms with Crippen LogP contribution in [0.3, 0.4) is 0 Å². The number of imide groups is 1. The highest BCUT2D eigenvalue weighted by Crippen LogP contribution is 2.48. The zero-order valence-corrected chi connectivity index (χ0v) is 24.3. The van der Waals surface area contributed by atoms with Gasteiger partial charge in [-0.1, -0.05) is 42.5 Å². The Hall–Kier alpha value is -2.19. The predicted octanol–water partition coefficient (Wildman–Crippen LogP) is 1.57. The summed E-state index contributed by atoms with van der Waals surface area (Å²) >= 11 is 10.4. The number of nitrogens with zero attached hydrogens (tertiary/aromatic N) is 1. The number of hydrogen-bond acceptors (Lipinski definition) is 10. The lowest BCUT2D eigenvalue weighted by atomic mass is 9.82. The molecule has 39 heavy (non-hydrogen) atoms. The van der Waals surface area contributed by atoms with Gasteiger partial charge in [-0.3, -0.25) is 14.5 Å². The second-order valence-electron chi connectivity index (χ2n) is 9.00. The number of carbonyl (C=O) groups excluding carboxylic acids is 3. The van der Waals surface area contributed by atoms with Gasteiger partial charge >= 0.3 is 12.9 Å². The van der Waals surface area contributed by atoms with Gasteiger partial charge in [-0.05, 0) is 30.2 Å². The van der Waals surface area contributed by atoms with Crippen LogP contribution in [-0.4, -0.2) is 85.6 Å². The van der Waals surface area contributed by atoms with Gasteiger partial charge in [0, 0.05) is 50.7 Å². The fraction of sp³-hybridized carbons (Fsp3) is 0.500. The number of amides is 2. The van der Waals surface area contributed by atoms with Crippen LogP contribution in [0.25, 0.3) is 0 Å². The van der Waals surface area contributed by atoms with E-state index in [0.29, 0.717) is 30.8 Å². The number of rotatable bonds is 14. The highest BCUT2D eigenvalue weighted by Gasteiger charge is 2.45. The fourth-order valence-electron chi connectivity index (χ4n) is 4.30. The van der Waals surface area contributed by atoms with Crippen LogP contribution in [0.15, 0.2) is 42.5 Å². The van der Waals surface area contributed by atoms with E-state index in [1.807, 2.05) is 38.2 Å². The van der Waals surface area contributed by atoms with Gasteiger partial charge in [-0.2, -0.15) is 0 Å². The minimum absolute atomic E-state index is 0.0711. The molecular weight excluding hydrogens is 566 g/mol. The molecule has 15 heteroatoms. The van der Waals surface area contributed by atoms with Gasteiger partial charge in [0.15, 0.2) is 0 Å². The van der Waals surface area contributed by atoms with Gasteiger partial charge in [-0.25, -0.2) is 4.79 Å². The Morgan fingerprint density at radius 2 is 1.90 bits per heavy atom. The van der Waals surface area contributed by atoms with Crippen LogP contribution in [0.1, 0.15) is 24.8 Å². The summed E-state index contributed by atoms with van der Waals surface area (Å²) in [6.07, 6.45) is 1.94. The molecule has 0 spiro atoms. The number of carbonyl (C=O) groups is 3. The van der Waals surface area contributed by atoms with Crippen LogP contribution in [-0.2, 0) is 51.3 Å². The van der Waals surface area contributed by atoms with E-state index in [1.54, 1.807) is 0 Å². The fourth-order valence-corrected chi connectivity index (χ4v) is 5.48. The van der Waals surface area contributed by atoms with E-state index in [2.05, 4.69) is 5.32 Å². The van der Waals surface area contributed by atoms with Gasteiger partial charge in [-0.15, -0.1) is 0 Å². The normalized spacial score (nSPS) is 24.0. The van der Waals surface area contributed by atoms with Crippen LogP contribution < -0.4 is 5.32 Å². The largest absolute Gasteiger partial charge is 0.508 e. The molecule has 2 amide bonds. The molecule has 0 aromatic heterocycles. The molecule has 11 nitrogen and oxygen atoms in total. The average molecular weight is 598 g/mol. The van der Waals surface area contributed by atoms with Crippen molar-refractivity contribution in [1.29, 1.82) is 0 Å². The van der Waals surface area contributed by atoms with E-state index in [0.717, 1.165) is 10.5 Å². The predicted molar refractivity (Wildman–Crippen MR) is 152 cm³/mol. The third-order valence-corrected chi connectivity index (χ3v) is 8.36. The summed E-state index contributed by atoms with van der Waals surface area (Å²) in [6.45, 7) is -2.85. The number of benzene rings is 1. The minimum Gasteiger partial charge on any atom is -0.431 e. The minimum atomic E-state index is -3.53. The number of nitrogens with one attached hydrogen (secondary N) is 1. The van der Waals surface area contributed by atoms with E-state index >= 15 is 0 Å². The first-order valence-corrected chi connectivity index (χ1v) is 15.5. The quantitative estimate of drug-likeness (QED) is 0.0805. The van der Waals surface area contributed by atoms with Crippen molar-refractivity contribution in [1.82, 2.24) is 10.2 Å². The van der Waals surface area contributed by atoms with Gasteiger partial charge in [0.1, 0.15) is 33.3 Å². The van der Waals surface area contributed by atoms with Crippen molar-refractivity contribution in [3.63, 3.8) is 0 Å². The SMILES string of the molecule is B[C@@H]1O[C@H](COC(=O)OCc2ccccc2)[C@H](OP(O)(=S)OC)C1CCCNC(=S)CCN1C(=O)C=CC1=O. The molecule has 0 saturated carbocycles. The third-order valence-electron chi connectivity index (χ3n) is 6.33. The van der Waals surface area contributed by atoms with Crippen molar-refractivity contribution in [2.45, 2.75) is 44.1 Å². The van der Waals surface area contributed by atoms with Crippen LogP contribution >= 0.6 is 18.9 Å². The number of ether oxygens (including phenoxy) is 3. The monoisotopic (exact) mass is 598 g/mol. The molecule has 1 saturated heterocycles. The summed E-state index contributed by atoms with van der Waals surface area (Å²) in [5, 5.41) is 3.13. The maximum atomic E-state index is 12.1. The molecule has 2 N–H and O–H groups in total. The molecule has 2 aliphatic heterocycles. The van der Waals surface area contributed by atoms with E-state index in [-0.39, 0.29) is 43.5 Å². The highest BCUT2D eigenvalue weighted by atomic mass is 32.5. The molecule has 212 valence electrons. The Morgan fingerprint density at radius 1 is 1.21 bits per heavy atom. The van der Waals surface area contributed by atoms with Crippen molar-refractivity contribution in [2.75, 3.05) is 26.8 Å². The number of hydrogen-bond donors (Lipinski definition) is 2. The Balaban J connectivity index is 1.46. The average Bonchev–Trinajstić information content (AvgIpc) is 3.39. The molecule has 5 atom stereocenters. The maximum Gasteiger partial charge on any atom is 0.508 e. The van der Waals surface area contributed by atoms with E-state index in [4.69, 9.17) is 47.3 Å². The molecule has 0 aliphatic carbocycles. The molecule has 1 aromatic carbocycles. The summed E-state index contributed by atoms with van der Waals surface area (Å²) in [5.41, 5.74) is 0.825. The van der Waals surface area contributed by atoms with Crippen LogP contribution in [0.5, 0.6) is 0 Å². The van der Waals surface area contributed by atoms with Crippen LogP contribution in [0.2, 0.25) is 0 Å². The van der Waals surface area contributed by atoms with Crippen molar-refractivity contribution >= 4 is 61.5 Å². The summed E-state index contributed by atoms with van der Waals surface area (Å²) in [4.78, 5) is 47.5. The van der Waals surface area contributed by atoms with E-state index < -0.39 is 25.1 Å². The molecule has 0 bridgehead atoms. The van der Waals surface area contributed by atoms with E-state index in [9.17, 15) is 19.3 Å². The number of thiocarbonyl (C=S) groups is 1. The Kier molecular flexibility index (Phi) is 12.0. The van der Waals surface area contributed by atoms with Crippen molar-refractivity contribution in [2.24, 2.45) is 5.92 Å². The molecule has 2 heterocycles. The lowest BCUT2D eigenvalue weighted by molar-refractivity contribution is -0.136. The first-order valence-electron chi connectivity index (χ1n) is 12.5. The Morgan fingerprint density at radius 3 is 2.56 bits per heavy atom. The van der Waals surface area contributed by atoms with Crippen LogP contribution in [0.4, 0.5) is 4.79 Å². The van der Waals surface area contributed by atoms with Gasteiger partial charge < -0.3 is 33.5 Å². The zero-order chi connectivity index (χ0) is 28.4. The highest BCUT2D eigenvalue weighted by molar-refractivity contribution is 8.07. The second-order valence-corrected chi connectivity index (χ2v) is 12.4. The first-order chi connectivity index (χ1) is 18.6. The lowest BCUT2D eigenvalue weighted by Crippen LogP contribution is -2.35. The Labute approximate surface area is 238 Å². The standard InChI is InChI=1S/C24H32BN2O9PS2/c1-32-37(31,39)36-22-17(8-5-12-26-19(38)11-13-27-20(28)9-10-21(27)29)23(25)35-18(22)15-34-24(30)33-14-16-6-3-2-4-7-16/h2-4,6-7,9-10,17-18,22-23H,5,8,11-15,25H2,1H3,(H,26,38)(H,31,39)/t17?,18-,22-,23-,37?/m1/s1. The Bertz CT molecular complexity index is 1090. The summed E-state index contributed by atoms with van der Waals surface area (Å²) in [6, 6.07) is 8.93. The summed E-state index contributed by atoms with van der Waals surface area (Å²) in [5.74, 6) is -0.856. The molecule has 1 fully saturated rings. The lowest BCUT2D eigenvalue weighted by Gasteiger charge is -2.27. The van der Waals surface area contributed by atoms with Crippen molar-refractivity contribution < 1.29 is 42.5 Å². The van der Waals surface area contributed by atoms with Crippen molar-refractivity contribution in [3.05, 3.63) is 48.0 Å². The molecule has 2 aliphatic rings. The molecule has 2 unspecified atom stereocenters. The zero-order valence-electron chi connectivity index (χ0n) is 21.7. The van der Waals surface area contributed by atoms with E-state index in [1.165, 1.54) is 19.3 Å². The topological polar surface area (TPSA) is 133 Å². The van der Waals surface area contributed by atoms with Gasteiger partial charge in [0.05, 0.1) is 4.99 Å². The smallest absolute Gasteiger partial charge is 0.431 e. The second kappa shape index (κ2) is 15.0. The molecule has 0 radical (unpaired) electrons. The summed E-state index contributed by atoms with van der Waals surface area (Å²) < 4.78 is 27.2. The molecule has 1 aromatic rings.